The SMILES string of the molecule is Cn1nc(C2CCCC2)nc1CCC1CCCNC1. The average molecular weight is 262 g/mol. The highest BCUT2D eigenvalue weighted by Gasteiger charge is 2.22. The van der Waals surface area contributed by atoms with Gasteiger partial charge in [-0.2, -0.15) is 5.10 Å². The highest BCUT2D eigenvalue weighted by Crippen LogP contribution is 2.32. The standard InChI is InChI=1S/C15H26N4/c1-19-14(9-8-12-5-4-10-16-11-12)17-15(18-19)13-6-2-3-7-13/h12-13,16H,2-11H2,1H3. The molecule has 0 amide bonds. The van der Waals surface area contributed by atoms with Crippen LogP contribution in [0.1, 0.15) is 62.5 Å². The van der Waals surface area contributed by atoms with Crippen LogP contribution in [0.3, 0.4) is 0 Å². The number of hydrogen-bond acceptors (Lipinski definition) is 3. The van der Waals surface area contributed by atoms with Crippen molar-refractivity contribution in [1.29, 1.82) is 0 Å². The lowest BCUT2D eigenvalue weighted by Crippen LogP contribution is -2.30. The summed E-state index contributed by atoms with van der Waals surface area (Å²) in [7, 11) is 2.06. The van der Waals surface area contributed by atoms with Crippen molar-refractivity contribution in [3.8, 4) is 0 Å². The van der Waals surface area contributed by atoms with E-state index in [0.29, 0.717) is 5.92 Å². The Morgan fingerprint density at radius 2 is 2.05 bits per heavy atom. The van der Waals surface area contributed by atoms with Crippen molar-refractivity contribution in [2.24, 2.45) is 13.0 Å². The summed E-state index contributed by atoms with van der Waals surface area (Å²) in [6.07, 6.45) is 10.3. The Kier molecular flexibility index (Phi) is 4.16. The minimum atomic E-state index is 0.635. The first kappa shape index (κ1) is 13.1. The van der Waals surface area contributed by atoms with E-state index in [0.717, 1.165) is 18.2 Å². The molecule has 1 atom stereocenters. The highest BCUT2D eigenvalue weighted by molar-refractivity contribution is 5.01. The summed E-state index contributed by atoms with van der Waals surface area (Å²) in [5, 5.41) is 8.14. The quantitative estimate of drug-likeness (QED) is 0.906. The van der Waals surface area contributed by atoms with Gasteiger partial charge in [-0.3, -0.25) is 4.68 Å². The van der Waals surface area contributed by atoms with E-state index in [1.165, 1.54) is 63.9 Å². The monoisotopic (exact) mass is 262 g/mol. The molecule has 2 fully saturated rings. The van der Waals surface area contributed by atoms with Gasteiger partial charge in [-0.1, -0.05) is 12.8 Å². The number of aromatic nitrogens is 3. The summed E-state index contributed by atoms with van der Waals surface area (Å²) in [5.41, 5.74) is 0. The molecule has 4 heteroatoms. The smallest absolute Gasteiger partial charge is 0.154 e. The fourth-order valence-electron chi connectivity index (χ4n) is 3.52. The van der Waals surface area contributed by atoms with Gasteiger partial charge in [0.15, 0.2) is 5.82 Å². The molecule has 1 aliphatic heterocycles. The van der Waals surface area contributed by atoms with Gasteiger partial charge < -0.3 is 5.32 Å². The second-order valence-electron chi connectivity index (χ2n) is 6.24. The van der Waals surface area contributed by atoms with Crippen LogP contribution < -0.4 is 5.32 Å². The molecule has 1 N–H and O–H groups in total. The Morgan fingerprint density at radius 3 is 2.79 bits per heavy atom. The van der Waals surface area contributed by atoms with Gasteiger partial charge in [0, 0.05) is 19.4 Å². The molecule has 1 saturated heterocycles. The largest absolute Gasteiger partial charge is 0.316 e. The van der Waals surface area contributed by atoms with Gasteiger partial charge in [0.25, 0.3) is 0 Å². The zero-order valence-corrected chi connectivity index (χ0v) is 12.1. The number of rotatable bonds is 4. The minimum Gasteiger partial charge on any atom is -0.316 e. The van der Waals surface area contributed by atoms with Gasteiger partial charge in [0.1, 0.15) is 5.82 Å². The van der Waals surface area contributed by atoms with Crippen molar-refractivity contribution in [3.63, 3.8) is 0 Å². The van der Waals surface area contributed by atoms with Crippen LogP contribution in [0, 0.1) is 5.92 Å². The Morgan fingerprint density at radius 1 is 1.21 bits per heavy atom. The molecule has 4 nitrogen and oxygen atoms in total. The third-order valence-corrected chi connectivity index (χ3v) is 4.77. The molecule has 19 heavy (non-hydrogen) atoms. The van der Waals surface area contributed by atoms with Crippen LogP contribution in [0.5, 0.6) is 0 Å². The van der Waals surface area contributed by atoms with Crippen molar-refractivity contribution in [1.82, 2.24) is 20.1 Å². The van der Waals surface area contributed by atoms with E-state index in [2.05, 4.69) is 17.5 Å². The first-order chi connectivity index (χ1) is 9.33. The van der Waals surface area contributed by atoms with E-state index in [-0.39, 0.29) is 0 Å². The van der Waals surface area contributed by atoms with Crippen LogP contribution in [-0.2, 0) is 13.5 Å². The van der Waals surface area contributed by atoms with Crippen LogP contribution in [0.25, 0.3) is 0 Å². The summed E-state index contributed by atoms with van der Waals surface area (Å²) in [5.74, 6) is 3.76. The van der Waals surface area contributed by atoms with Gasteiger partial charge in [0.05, 0.1) is 0 Å². The minimum absolute atomic E-state index is 0.635. The molecule has 0 spiro atoms. The third-order valence-electron chi connectivity index (χ3n) is 4.77. The molecule has 1 saturated carbocycles. The Balaban J connectivity index is 1.57. The molecule has 1 unspecified atom stereocenters. The topological polar surface area (TPSA) is 42.7 Å². The van der Waals surface area contributed by atoms with Gasteiger partial charge in [0.2, 0.25) is 0 Å². The summed E-state index contributed by atoms with van der Waals surface area (Å²) in [6.45, 7) is 2.39. The zero-order chi connectivity index (χ0) is 13.1. The predicted molar refractivity (Wildman–Crippen MR) is 76.1 cm³/mol. The fourth-order valence-corrected chi connectivity index (χ4v) is 3.52. The maximum absolute atomic E-state index is 4.81. The van der Waals surface area contributed by atoms with Crippen molar-refractivity contribution in [3.05, 3.63) is 11.6 Å². The van der Waals surface area contributed by atoms with E-state index in [1.54, 1.807) is 0 Å². The van der Waals surface area contributed by atoms with Crippen LogP contribution in [0.2, 0.25) is 0 Å². The molecule has 106 valence electrons. The summed E-state index contributed by atoms with van der Waals surface area (Å²) >= 11 is 0. The Bertz CT molecular complexity index is 400. The Hall–Kier alpha value is -0.900. The number of hydrogen-bond donors (Lipinski definition) is 1. The number of piperidine rings is 1. The first-order valence-corrected chi connectivity index (χ1v) is 7.93. The lowest BCUT2D eigenvalue weighted by Gasteiger charge is -2.22. The van der Waals surface area contributed by atoms with Gasteiger partial charge in [-0.25, -0.2) is 4.98 Å². The highest BCUT2D eigenvalue weighted by atomic mass is 15.3. The lowest BCUT2D eigenvalue weighted by molar-refractivity contribution is 0.354. The summed E-state index contributed by atoms with van der Waals surface area (Å²) in [4.78, 5) is 4.81. The maximum Gasteiger partial charge on any atom is 0.154 e. The summed E-state index contributed by atoms with van der Waals surface area (Å²) < 4.78 is 2.02. The van der Waals surface area contributed by atoms with E-state index in [4.69, 9.17) is 4.98 Å². The van der Waals surface area contributed by atoms with E-state index in [1.807, 2.05) is 4.68 Å². The van der Waals surface area contributed by atoms with Crippen LogP contribution in [-0.4, -0.2) is 27.9 Å². The maximum atomic E-state index is 4.81. The zero-order valence-electron chi connectivity index (χ0n) is 12.1. The molecule has 2 aliphatic rings. The van der Waals surface area contributed by atoms with Crippen LogP contribution in [0.4, 0.5) is 0 Å². The van der Waals surface area contributed by atoms with Crippen molar-refractivity contribution in [2.45, 2.75) is 57.3 Å². The van der Waals surface area contributed by atoms with Crippen molar-refractivity contribution < 1.29 is 0 Å². The number of nitrogens with zero attached hydrogens (tertiary/aromatic N) is 3. The van der Waals surface area contributed by atoms with Crippen LogP contribution in [0.15, 0.2) is 0 Å². The lowest BCUT2D eigenvalue weighted by atomic mass is 9.94. The normalized spacial score (nSPS) is 25.0. The van der Waals surface area contributed by atoms with Gasteiger partial charge in [-0.15, -0.1) is 0 Å². The Labute approximate surface area is 116 Å². The van der Waals surface area contributed by atoms with E-state index in [9.17, 15) is 0 Å². The van der Waals surface area contributed by atoms with Crippen LogP contribution >= 0.6 is 0 Å². The third kappa shape index (κ3) is 3.16. The molecule has 0 bridgehead atoms. The molecular formula is C15H26N4. The molecule has 3 rings (SSSR count). The second-order valence-corrected chi connectivity index (χ2v) is 6.24. The molecule has 1 aromatic heterocycles. The molecule has 0 aromatic carbocycles. The summed E-state index contributed by atoms with van der Waals surface area (Å²) in [6, 6.07) is 0. The number of aryl methyl sites for hydroxylation is 2. The fraction of sp³-hybridized carbons (Fsp3) is 0.867. The van der Waals surface area contributed by atoms with Gasteiger partial charge in [-0.05, 0) is 51.1 Å². The second kappa shape index (κ2) is 6.04. The average Bonchev–Trinajstić information content (AvgIpc) is 3.07. The van der Waals surface area contributed by atoms with E-state index < -0.39 is 0 Å². The predicted octanol–water partition coefficient (Wildman–Crippen LogP) is 2.40. The number of nitrogens with one attached hydrogen (secondary N) is 1. The molecule has 2 heterocycles. The van der Waals surface area contributed by atoms with Crippen molar-refractivity contribution in [2.75, 3.05) is 13.1 Å². The molecule has 0 radical (unpaired) electrons. The van der Waals surface area contributed by atoms with Crippen molar-refractivity contribution >= 4 is 0 Å². The van der Waals surface area contributed by atoms with E-state index >= 15 is 0 Å². The first-order valence-electron chi connectivity index (χ1n) is 7.93. The molecular weight excluding hydrogens is 236 g/mol. The van der Waals surface area contributed by atoms with Gasteiger partial charge >= 0.3 is 0 Å². The molecule has 1 aliphatic carbocycles. The molecule has 1 aromatic rings.